The molecule has 1 aliphatic carbocycles. The molecule has 1 spiro atoms. The van der Waals surface area contributed by atoms with E-state index in [1.165, 1.54) is 4.90 Å². The van der Waals surface area contributed by atoms with Crippen molar-refractivity contribution < 1.29 is 14.4 Å². The van der Waals surface area contributed by atoms with E-state index < -0.39 is 11.4 Å². The third-order valence-corrected chi connectivity index (χ3v) is 4.75. The molecule has 1 aliphatic heterocycles. The summed E-state index contributed by atoms with van der Waals surface area (Å²) in [5, 5.41) is 2.42. The highest BCUT2D eigenvalue weighted by atomic mass is 16.2. The lowest BCUT2D eigenvalue weighted by atomic mass is 9.77. The number of urea groups is 1. The molecule has 0 radical (unpaired) electrons. The van der Waals surface area contributed by atoms with Gasteiger partial charge in [-0.25, -0.2) is 4.79 Å². The summed E-state index contributed by atoms with van der Waals surface area (Å²) in [6, 6.07) is -0.531. The molecule has 0 aromatic carbocycles. The fourth-order valence-electron chi connectivity index (χ4n) is 3.40. The van der Waals surface area contributed by atoms with Crippen LogP contribution in [-0.4, -0.2) is 29.3 Å². The van der Waals surface area contributed by atoms with Crippen LogP contribution in [0.3, 0.4) is 0 Å². The molecule has 118 valence electrons. The molecule has 0 aromatic heterocycles. The summed E-state index contributed by atoms with van der Waals surface area (Å²) in [4.78, 5) is 38.3. The Morgan fingerprint density at radius 1 is 1.00 bits per heavy atom. The Bertz CT molecular complexity index is 412. The van der Waals surface area contributed by atoms with E-state index >= 15 is 0 Å². The molecule has 0 aromatic rings. The number of hydrogen-bond acceptors (Lipinski definition) is 3. The molecule has 21 heavy (non-hydrogen) atoms. The number of amides is 4. The maximum absolute atomic E-state index is 12.8. The van der Waals surface area contributed by atoms with Crippen molar-refractivity contribution in [2.75, 3.05) is 6.54 Å². The zero-order valence-corrected chi connectivity index (χ0v) is 13.0. The van der Waals surface area contributed by atoms with Crippen LogP contribution in [0.4, 0.5) is 4.79 Å². The molecule has 1 N–H and O–H groups in total. The molecule has 1 heterocycles. The average molecular weight is 294 g/mol. The molecule has 1 saturated heterocycles. The Morgan fingerprint density at radius 3 is 2.29 bits per heavy atom. The fourth-order valence-corrected chi connectivity index (χ4v) is 3.40. The number of carbonyl (C=O) groups excluding carboxylic acids is 3. The lowest BCUT2D eigenvalue weighted by Crippen LogP contribution is -2.63. The van der Waals surface area contributed by atoms with Gasteiger partial charge < -0.3 is 0 Å². The van der Waals surface area contributed by atoms with E-state index in [0.29, 0.717) is 19.4 Å². The molecule has 4 amide bonds. The van der Waals surface area contributed by atoms with Crippen molar-refractivity contribution in [1.82, 2.24) is 10.2 Å². The van der Waals surface area contributed by atoms with Gasteiger partial charge in [-0.1, -0.05) is 51.9 Å². The number of barbiturate groups is 1. The van der Waals surface area contributed by atoms with E-state index in [1.807, 2.05) is 0 Å². The molecule has 2 aliphatic rings. The lowest BCUT2D eigenvalue weighted by molar-refractivity contribution is -0.152. The highest BCUT2D eigenvalue weighted by molar-refractivity contribution is 6.19. The Balaban J connectivity index is 2.09. The second-order valence-corrected chi connectivity index (χ2v) is 6.27. The molecule has 0 unspecified atom stereocenters. The van der Waals surface area contributed by atoms with E-state index in [0.717, 1.165) is 51.4 Å². The first-order valence-electron chi connectivity index (χ1n) is 8.29. The van der Waals surface area contributed by atoms with Crippen LogP contribution in [0.2, 0.25) is 0 Å². The maximum atomic E-state index is 12.8. The first kappa shape index (κ1) is 16.0. The van der Waals surface area contributed by atoms with Crippen molar-refractivity contribution in [3.63, 3.8) is 0 Å². The van der Waals surface area contributed by atoms with Gasteiger partial charge in [0.05, 0.1) is 0 Å². The van der Waals surface area contributed by atoms with Gasteiger partial charge in [0.15, 0.2) is 0 Å². The van der Waals surface area contributed by atoms with E-state index in [9.17, 15) is 14.4 Å². The van der Waals surface area contributed by atoms with Gasteiger partial charge in [0, 0.05) is 6.54 Å². The van der Waals surface area contributed by atoms with Gasteiger partial charge >= 0.3 is 6.03 Å². The van der Waals surface area contributed by atoms with Gasteiger partial charge in [-0.05, 0) is 19.3 Å². The Kier molecular flexibility index (Phi) is 5.37. The predicted molar refractivity (Wildman–Crippen MR) is 79.5 cm³/mol. The summed E-state index contributed by atoms with van der Waals surface area (Å²) in [5.41, 5.74) is -0.977. The van der Waals surface area contributed by atoms with Gasteiger partial charge in [-0.3, -0.25) is 19.8 Å². The monoisotopic (exact) mass is 294 g/mol. The van der Waals surface area contributed by atoms with Crippen molar-refractivity contribution in [2.24, 2.45) is 5.41 Å². The van der Waals surface area contributed by atoms with E-state index in [1.54, 1.807) is 0 Å². The summed E-state index contributed by atoms with van der Waals surface area (Å²) >= 11 is 0. The molecule has 1 saturated carbocycles. The highest BCUT2D eigenvalue weighted by Gasteiger charge is 2.52. The molecule has 5 nitrogen and oxygen atoms in total. The molecular weight excluding hydrogens is 268 g/mol. The van der Waals surface area contributed by atoms with Crippen LogP contribution >= 0.6 is 0 Å². The molecule has 0 atom stereocenters. The Labute approximate surface area is 126 Å². The first-order valence-corrected chi connectivity index (χ1v) is 8.29. The summed E-state index contributed by atoms with van der Waals surface area (Å²) in [6.07, 6.45) is 9.10. The van der Waals surface area contributed by atoms with Gasteiger partial charge in [-0.2, -0.15) is 0 Å². The fraction of sp³-hybridized carbons (Fsp3) is 0.812. The van der Waals surface area contributed by atoms with Crippen LogP contribution in [0.25, 0.3) is 0 Å². The van der Waals surface area contributed by atoms with Gasteiger partial charge in [0.25, 0.3) is 0 Å². The zero-order chi connectivity index (χ0) is 15.3. The predicted octanol–water partition coefficient (Wildman–Crippen LogP) is 2.99. The summed E-state index contributed by atoms with van der Waals surface area (Å²) in [5.74, 6) is -0.626. The third kappa shape index (κ3) is 3.27. The number of nitrogens with one attached hydrogen (secondary N) is 1. The van der Waals surface area contributed by atoms with E-state index in [2.05, 4.69) is 12.2 Å². The third-order valence-electron chi connectivity index (χ3n) is 4.75. The van der Waals surface area contributed by atoms with Crippen molar-refractivity contribution >= 4 is 17.8 Å². The van der Waals surface area contributed by atoms with Crippen molar-refractivity contribution in [2.45, 2.75) is 71.1 Å². The SMILES string of the molecule is CCCCCCN1C(=O)NC(=O)C2(CCCCCC2)C1=O. The smallest absolute Gasteiger partial charge is 0.277 e. The van der Waals surface area contributed by atoms with Crippen LogP contribution in [0.1, 0.15) is 71.1 Å². The number of carbonyl (C=O) groups is 3. The first-order chi connectivity index (χ1) is 10.1. The van der Waals surface area contributed by atoms with Gasteiger partial charge in [-0.15, -0.1) is 0 Å². The Hall–Kier alpha value is -1.39. The van der Waals surface area contributed by atoms with E-state index in [4.69, 9.17) is 0 Å². The Morgan fingerprint density at radius 2 is 1.67 bits per heavy atom. The number of rotatable bonds is 5. The minimum atomic E-state index is -0.977. The molecule has 0 bridgehead atoms. The van der Waals surface area contributed by atoms with Crippen LogP contribution < -0.4 is 5.32 Å². The molecular formula is C16H26N2O3. The number of unbranched alkanes of at least 4 members (excludes halogenated alkanes) is 3. The number of nitrogens with zero attached hydrogens (tertiary/aromatic N) is 1. The second-order valence-electron chi connectivity index (χ2n) is 6.27. The minimum absolute atomic E-state index is 0.255. The lowest BCUT2D eigenvalue weighted by Gasteiger charge is -2.38. The van der Waals surface area contributed by atoms with E-state index in [-0.39, 0.29) is 11.8 Å². The van der Waals surface area contributed by atoms with Gasteiger partial charge in [0.1, 0.15) is 5.41 Å². The minimum Gasteiger partial charge on any atom is -0.277 e. The average Bonchev–Trinajstić information content (AvgIpc) is 2.72. The van der Waals surface area contributed by atoms with Crippen molar-refractivity contribution in [3.05, 3.63) is 0 Å². The quantitative estimate of drug-likeness (QED) is 0.626. The zero-order valence-electron chi connectivity index (χ0n) is 13.0. The normalized spacial score (nSPS) is 22.3. The summed E-state index contributed by atoms with van der Waals surface area (Å²) in [7, 11) is 0. The number of hydrogen-bond donors (Lipinski definition) is 1. The molecule has 5 heteroatoms. The topological polar surface area (TPSA) is 66.5 Å². The number of imide groups is 2. The van der Waals surface area contributed by atoms with Crippen LogP contribution in [0.15, 0.2) is 0 Å². The second kappa shape index (κ2) is 7.05. The standard InChI is InChI=1S/C16H26N2O3/c1-2-3-4-9-12-18-14(20)16(13(19)17-15(18)21)10-7-5-6-8-11-16/h2-12H2,1H3,(H,17,19,21). The van der Waals surface area contributed by atoms with Crippen LogP contribution in [-0.2, 0) is 9.59 Å². The maximum Gasteiger partial charge on any atom is 0.330 e. The largest absolute Gasteiger partial charge is 0.330 e. The van der Waals surface area contributed by atoms with Gasteiger partial charge in [0.2, 0.25) is 11.8 Å². The van der Waals surface area contributed by atoms with Crippen LogP contribution in [0.5, 0.6) is 0 Å². The van der Waals surface area contributed by atoms with Crippen molar-refractivity contribution in [1.29, 1.82) is 0 Å². The summed E-state index contributed by atoms with van der Waals surface area (Å²) < 4.78 is 0. The highest BCUT2D eigenvalue weighted by Crippen LogP contribution is 2.39. The molecule has 2 rings (SSSR count). The molecule has 2 fully saturated rings. The van der Waals surface area contributed by atoms with Crippen molar-refractivity contribution in [3.8, 4) is 0 Å². The summed E-state index contributed by atoms with van der Waals surface area (Å²) in [6.45, 7) is 2.55. The van der Waals surface area contributed by atoms with Crippen LogP contribution in [0, 0.1) is 5.41 Å².